The largest absolute Gasteiger partial charge is 0.464 e. The molecule has 1 fully saturated rings. The van der Waals surface area contributed by atoms with Gasteiger partial charge < -0.3 is 9.47 Å². The van der Waals surface area contributed by atoms with Crippen LogP contribution in [-0.4, -0.2) is 38.9 Å². The Balaban J connectivity index is 2.03. The Morgan fingerprint density at radius 2 is 2.27 bits per heavy atom. The fourth-order valence-electron chi connectivity index (χ4n) is 1.41. The molecule has 1 rings (SSSR count). The summed E-state index contributed by atoms with van der Waals surface area (Å²) in [6, 6.07) is 0. The summed E-state index contributed by atoms with van der Waals surface area (Å²) >= 11 is 0. The first-order valence-corrected chi connectivity index (χ1v) is 5.20. The van der Waals surface area contributed by atoms with E-state index < -0.39 is 0 Å². The van der Waals surface area contributed by atoms with Crippen LogP contribution >= 0.6 is 0 Å². The molecule has 1 saturated heterocycles. The lowest BCUT2D eigenvalue weighted by molar-refractivity contribution is -0.144. The quantitative estimate of drug-likeness (QED) is 0.400. The molecule has 0 aromatic heterocycles. The summed E-state index contributed by atoms with van der Waals surface area (Å²) in [5, 5.41) is 2.79. The highest BCUT2D eigenvalue weighted by Gasteiger charge is 2.15. The average molecular weight is 211 g/mol. The Morgan fingerprint density at radius 3 is 2.93 bits per heavy atom. The summed E-state index contributed by atoms with van der Waals surface area (Å²) in [5.74, 6) is 2.61. The van der Waals surface area contributed by atoms with Crippen molar-refractivity contribution in [2.75, 3.05) is 32.9 Å². The molecule has 0 bridgehead atoms. The monoisotopic (exact) mass is 211 g/mol. The molecule has 15 heavy (non-hydrogen) atoms. The molecule has 1 heterocycles. The molecule has 0 saturated carbocycles. The van der Waals surface area contributed by atoms with Gasteiger partial charge in [0.05, 0.1) is 19.7 Å². The second-order valence-electron chi connectivity index (χ2n) is 3.55. The van der Waals surface area contributed by atoms with E-state index in [1.165, 1.54) is 0 Å². The van der Waals surface area contributed by atoms with Gasteiger partial charge in [0.2, 0.25) is 0 Å². The van der Waals surface area contributed by atoms with Crippen molar-refractivity contribution in [1.29, 1.82) is 0 Å². The smallest absolute Gasteiger partial charge is 0.319 e. The van der Waals surface area contributed by atoms with Gasteiger partial charge in [-0.3, -0.25) is 10.1 Å². The summed E-state index contributed by atoms with van der Waals surface area (Å²) in [6.07, 6.45) is 6.98. The molecular weight excluding hydrogens is 194 g/mol. The van der Waals surface area contributed by atoms with Gasteiger partial charge in [0, 0.05) is 13.2 Å². The Bertz CT molecular complexity index is 228. The summed E-state index contributed by atoms with van der Waals surface area (Å²) < 4.78 is 10.3. The fourth-order valence-corrected chi connectivity index (χ4v) is 1.41. The van der Waals surface area contributed by atoms with E-state index in [9.17, 15) is 4.79 Å². The minimum absolute atomic E-state index is 0.188. The molecule has 4 heteroatoms. The van der Waals surface area contributed by atoms with Crippen LogP contribution in [-0.2, 0) is 14.3 Å². The molecular formula is C11H17NO3. The Labute approximate surface area is 90.3 Å². The zero-order valence-corrected chi connectivity index (χ0v) is 8.83. The van der Waals surface area contributed by atoms with E-state index in [2.05, 4.69) is 11.2 Å². The average Bonchev–Trinajstić information content (AvgIpc) is 2.28. The summed E-state index contributed by atoms with van der Waals surface area (Å²) in [7, 11) is 0. The number of ether oxygens (including phenoxy) is 2. The number of hydrogen-bond donors (Lipinski definition) is 1. The van der Waals surface area contributed by atoms with Gasteiger partial charge in [-0.2, -0.15) is 0 Å². The van der Waals surface area contributed by atoms with Crippen molar-refractivity contribution in [3.63, 3.8) is 0 Å². The number of carbonyl (C=O) groups is 1. The van der Waals surface area contributed by atoms with Crippen LogP contribution in [0.4, 0.5) is 0 Å². The van der Waals surface area contributed by atoms with Crippen molar-refractivity contribution in [1.82, 2.24) is 5.32 Å². The second-order valence-corrected chi connectivity index (χ2v) is 3.55. The van der Waals surface area contributed by atoms with Crippen molar-refractivity contribution in [3.8, 4) is 12.3 Å². The first kappa shape index (κ1) is 12.0. The van der Waals surface area contributed by atoms with Crippen molar-refractivity contribution in [2.24, 2.45) is 5.92 Å². The van der Waals surface area contributed by atoms with Crippen LogP contribution < -0.4 is 5.32 Å². The molecule has 84 valence electrons. The summed E-state index contributed by atoms with van der Waals surface area (Å²) in [5.41, 5.74) is 0. The van der Waals surface area contributed by atoms with Gasteiger partial charge in [-0.15, -0.1) is 6.42 Å². The maximum Gasteiger partial charge on any atom is 0.319 e. The number of hydrogen-bond acceptors (Lipinski definition) is 4. The van der Waals surface area contributed by atoms with Crippen molar-refractivity contribution in [2.45, 2.75) is 12.8 Å². The van der Waals surface area contributed by atoms with E-state index in [1.54, 1.807) is 0 Å². The Hall–Kier alpha value is -1.05. The number of terminal acetylenes is 1. The predicted molar refractivity (Wildman–Crippen MR) is 56.2 cm³/mol. The van der Waals surface area contributed by atoms with Crippen LogP contribution in [0.3, 0.4) is 0 Å². The predicted octanol–water partition coefficient (Wildman–Crippen LogP) is 0.179. The minimum Gasteiger partial charge on any atom is -0.464 e. The topological polar surface area (TPSA) is 47.6 Å². The molecule has 1 aliphatic heterocycles. The Morgan fingerprint density at radius 1 is 1.53 bits per heavy atom. The van der Waals surface area contributed by atoms with Crippen LogP contribution in [0, 0.1) is 18.3 Å². The molecule has 1 N–H and O–H groups in total. The molecule has 0 aliphatic carbocycles. The molecule has 0 amide bonds. The first-order valence-electron chi connectivity index (χ1n) is 5.20. The zero-order valence-electron chi connectivity index (χ0n) is 8.83. The van der Waals surface area contributed by atoms with E-state index in [0.717, 1.165) is 26.1 Å². The normalized spacial score (nSPS) is 17.0. The maximum absolute atomic E-state index is 11.2. The highest BCUT2D eigenvalue weighted by molar-refractivity contribution is 5.71. The second kappa shape index (κ2) is 7.27. The van der Waals surface area contributed by atoms with E-state index in [0.29, 0.717) is 19.1 Å². The fraction of sp³-hybridized carbons (Fsp3) is 0.727. The SMILES string of the molecule is C#CCNCC(=O)OCC1CCOCC1. The van der Waals surface area contributed by atoms with Gasteiger partial charge in [-0.05, 0) is 18.8 Å². The molecule has 0 spiro atoms. The van der Waals surface area contributed by atoms with Gasteiger partial charge in [0.25, 0.3) is 0 Å². The van der Waals surface area contributed by atoms with Crippen LogP contribution in [0.5, 0.6) is 0 Å². The third-order valence-corrected chi connectivity index (χ3v) is 2.32. The molecule has 4 nitrogen and oxygen atoms in total. The van der Waals surface area contributed by atoms with Crippen LogP contribution in [0.15, 0.2) is 0 Å². The van der Waals surface area contributed by atoms with E-state index in [1.807, 2.05) is 0 Å². The van der Waals surface area contributed by atoms with Gasteiger partial charge in [0.15, 0.2) is 0 Å². The van der Waals surface area contributed by atoms with Crippen LogP contribution in [0.1, 0.15) is 12.8 Å². The zero-order chi connectivity index (χ0) is 10.9. The third-order valence-electron chi connectivity index (χ3n) is 2.32. The lowest BCUT2D eigenvalue weighted by Crippen LogP contribution is -2.28. The Kier molecular flexibility index (Phi) is 5.83. The number of esters is 1. The van der Waals surface area contributed by atoms with Crippen molar-refractivity contribution < 1.29 is 14.3 Å². The molecule has 0 aromatic carbocycles. The highest BCUT2D eigenvalue weighted by Crippen LogP contribution is 2.14. The van der Waals surface area contributed by atoms with Crippen LogP contribution in [0.2, 0.25) is 0 Å². The van der Waals surface area contributed by atoms with E-state index in [4.69, 9.17) is 15.9 Å². The lowest BCUT2D eigenvalue weighted by atomic mass is 10.0. The number of nitrogens with one attached hydrogen (secondary N) is 1. The third kappa shape index (κ3) is 5.40. The number of rotatable bonds is 5. The van der Waals surface area contributed by atoms with Gasteiger partial charge in [-0.25, -0.2) is 0 Å². The maximum atomic E-state index is 11.2. The number of carbonyl (C=O) groups excluding carboxylic acids is 1. The summed E-state index contributed by atoms with van der Waals surface area (Å²) in [6.45, 7) is 2.63. The molecule has 0 unspecified atom stereocenters. The highest BCUT2D eigenvalue weighted by atomic mass is 16.5. The van der Waals surface area contributed by atoms with Gasteiger partial charge in [-0.1, -0.05) is 5.92 Å². The minimum atomic E-state index is -0.239. The molecule has 1 aliphatic rings. The van der Waals surface area contributed by atoms with Crippen molar-refractivity contribution >= 4 is 5.97 Å². The molecule has 0 radical (unpaired) electrons. The standard InChI is InChI=1S/C11H17NO3/c1-2-5-12-8-11(13)15-9-10-3-6-14-7-4-10/h1,10,12H,3-9H2. The van der Waals surface area contributed by atoms with Gasteiger partial charge >= 0.3 is 5.97 Å². The molecule has 0 aromatic rings. The first-order chi connectivity index (χ1) is 7.33. The lowest BCUT2D eigenvalue weighted by Gasteiger charge is -2.21. The van der Waals surface area contributed by atoms with Crippen LogP contribution in [0.25, 0.3) is 0 Å². The molecule has 0 atom stereocenters. The van der Waals surface area contributed by atoms with Crippen molar-refractivity contribution in [3.05, 3.63) is 0 Å². The van der Waals surface area contributed by atoms with E-state index in [-0.39, 0.29) is 12.5 Å². The van der Waals surface area contributed by atoms with Gasteiger partial charge in [0.1, 0.15) is 0 Å². The van der Waals surface area contributed by atoms with E-state index >= 15 is 0 Å². The summed E-state index contributed by atoms with van der Waals surface area (Å²) in [4.78, 5) is 11.2.